The van der Waals surface area contributed by atoms with Crippen LogP contribution in [0, 0.1) is 17.3 Å². The Morgan fingerprint density at radius 3 is 2.43 bits per heavy atom. The molecule has 7 atom stereocenters. The van der Waals surface area contributed by atoms with E-state index in [-0.39, 0.29) is 29.8 Å². The van der Waals surface area contributed by atoms with Crippen LogP contribution in [0.2, 0.25) is 0 Å². The standard InChI is InChI=1S/C23H37IO6/c1-13-8-7-9-23(6)18(30-23)10-16(14(2)12-24)29-19(26)11-17(25)22(4,5)21(28)15(3)20(13)27/h12-13,15-18,20,25,27H,7-11H2,1-6H3/b14-12-/t13-,15-,16+,17+,18-,20-,23+/m0/s1. The number of cyclic esters (lactones) is 1. The van der Waals surface area contributed by atoms with Crippen molar-refractivity contribution >= 4 is 34.3 Å². The van der Waals surface area contributed by atoms with Crippen molar-refractivity contribution in [3.05, 3.63) is 9.66 Å². The van der Waals surface area contributed by atoms with Crippen LogP contribution in [0.5, 0.6) is 0 Å². The fraction of sp³-hybridized carbons (Fsp3) is 0.826. The molecule has 0 unspecified atom stereocenters. The number of Topliss-reactive ketones (excluding diaryl/α,β-unsaturated/α-hetero) is 1. The van der Waals surface area contributed by atoms with Gasteiger partial charge in [0.1, 0.15) is 11.9 Å². The fourth-order valence-electron chi connectivity index (χ4n) is 4.36. The molecule has 2 saturated heterocycles. The van der Waals surface area contributed by atoms with E-state index in [2.05, 4.69) is 29.5 Å². The molecule has 0 radical (unpaired) electrons. The number of hydrogen-bond donors (Lipinski definition) is 2. The van der Waals surface area contributed by atoms with Gasteiger partial charge in [0.05, 0.1) is 35.7 Å². The molecule has 2 heterocycles. The minimum absolute atomic E-state index is 0.0107. The summed E-state index contributed by atoms with van der Waals surface area (Å²) >= 11 is 2.13. The number of aliphatic hydroxyl groups is 2. The molecular weight excluding hydrogens is 499 g/mol. The smallest absolute Gasteiger partial charge is 0.309 e. The summed E-state index contributed by atoms with van der Waals surface area (Å²) in [6, 6.07) is 0. The van der Waals surface area contributed by atoms with Crippen LogP contribution in [-0.4, -0.2) is 52.0 Å². The Hall–Kier alpha value is -0.510. The first-order valence-electron chi connectivity index (χ1n) is 10.9. The van der Waals surface area contributed by atoms with Gasteiger partial charge in [-0.3, -0.25) is 9.59 Å². The summed E-state index contributed by atoms with van der Waals surface area (Å²) in [5.74, 6) is -1.47. The first-order chi connectivity index (χ1) is 13.8. The fourth-order valence-corrected chi connectivity index (χ4v) is 4.77. The Morgan fingerprint density at radius 1 is 1.20 bits per heavy atom. The van der Waals surface area contributed by atoms with Crippen molar-refractivity contribution in [2.24, 2.45) is 17.3 Å². The van der Waals surface area contributed by atoms with Crippen LogP contribution >= 0.6 is 22.6 Å². The molecule has 6 nitrogen and oxygen atoms in total. The third kappa shape index (κ3) is 5.84. The summed E-state index contributed by atoms with van der Waals surface area (Å²) < 4.78 is 13.5. The molecule has 0 aromatic carbocycles. The van der Waals surface area contributed by atoms with Crippen molar-refractivity contribution in [2.75, 3.05) is 0 Å². The number of ether oxygens (including phenoxy) is 2. The Morgan fingerprint density at radius 2 is 1.83 bits per heavy atom. The maximum atomic E-state index is 13.1. The van der Waals surface area contributed by atoms with E-state index in [1.54, 1.807) is 20.8 Å². The molecule has 0 bridgehead atoms. The van der Waals surface area contributed by atoms with Gasteiger partial charge < -0.3 is 19.7 Å². The lowest BCUT2D eigenvalue weighted by Crippen LogP contribution is -2.45. The first kappa shape index (κ1) is 25.7. The van der Waals surface area contributed by atoms with E-state index in [1.807, 2.05) is 17.9 Å². The minimum Gasteiger partial charge on any atom is -0.458 e. The second-order valence-electron chi connectivity index (χ2n) is 9.94. The molecule has 7 heteroatoms. The molecule has 2 rings (SSSR count). The van der Waals surface area contributed by atoms with Crippen LogP contribution < -0.4 is 0 Å². The highest BCUT2D eigenvalue weighted by molar-refractivity contribution is 14.1. The molecule has 172 valence electrons. The van der Waals surface area contributed by atoms with Crippen LogP contribution in [0.1, 0.15) is 73.6 Å². The van der Waals surface area contributed by atoms with E-state index in [0.717, 1.165) is 24.8 Å². The lowest BCUT2D eigenvalue weighted by atomic mass is 9.73. The van der Waals surface area contributed by atoms with Gasteiger partial charge in [-0.2, -0.15) is 0 Å². The number of ketones is 1. The van der Waals surface area contributed by atoms with Crippen LogP contribution in [-0.2, 0) is 19.1 Å². The summed E-state index contributed by atoms with van der Waals surface area (Å²) in [5, 5.41) is 21.4. The zero-order valence-electron chi connectivity index (χ0n) is 19.0. The number of epoxide rings is 1. The molecule has 2 fully saturated rings. The largest absolute Gasteiger partial charge is 0.458 e. The Bertz CT molecular complexity index is 675. The minimum atomic E-state index is -1.19. The molecule has 0 spiro atoms. The van der Waals surface area contributed by atoms with Crippen molar-refractivity contribution in [1.82, 2.24) is 0 Å². The molecule has 0 amide bonds. The molecule has 0 aromatic heterocycles. The Balaban J connectivity index is 2.26. The number of halogens is 1. The van der Waals surface area contributed by atoms with Crippen molar-refractivity contribution in [3.8, 4) is 0 Å². The summed E-state index contributed by atoms with van der Waals surface area (Å²) in [4.78, 5) is 25.7. The molecule has 30 heavy (non-hydrogen) atoms. The van der Waals surface area contributed by atoms with Gasteiger partial charge in [0.25, 0.3) is 0 Å². The zero-order valence-corrected chi connectivity index (χ0v) is 21.1. The SMILES string of the molecule is C/C(=C/I)[C@H]1C[C@@H]2O[C@]2(C)CCC[C@H](C)[C@H](O)[C@H](C)C(=O)C(C)(C)[C@H](O)CC(=O)O1. The molecule has 2 aliphatic rings. The average molecular weight is 536 g/mol. The van der Waals surface area contributed by atoms with E-state index < -0.39 is 35.6 Å². The molecule has 2 aliphatic heterocycles. The van der Waals surface area contributed by atoms with Gasteiger partial charge in [-0.15, -0.1) is 0 Å². The van der Waals surface area contributed by atoms with E-state index >= 15 is 0 Å². The Labute approximate surface area is 193 Å². The summed E-state index contributed by atoms with van der Waals surface area (Å²) in [6.07, 6.45) is 0.427. The van der Waals surface area contributed by atoms with Gasteiger partial charge in [-0.05, 0) is 42.3 Å². The zero-order chi connectivity index (χ0) is 22.9. The summed E-state index contributed by atoms with van der Waals surface area (Å²) in [7, 11) is 0. The maximum Gasteiger partial charge on any atom is 0.309 e. The molecule has 0 saturated carbocycles. The summed E-state index contributed by atoms with van der Waals surface area (Å²) in [6.45, 7) is 10.9. The number of hydrogen-bond acceptors (Lipinski definition) is 6. The predicted molar refractivity (Wildman–Crippen MR) is 123 cm³/mol. The van der Waals surface area contributed by atoms with Gasteiger partial charge in [0.2, 0.25) is 0 Å². The highest BCUT2D eigenvalue weighted by Gasteiger charge is 2.53. The van der Waals surface area contributed by atoms with Crippen molar-refractivity contribution in [1.29, 1.82) is 0 Å². The topological polar surface area (TPSA) is 96.4 Å². The van der Waals surface area contributed by atoms with Crippen LogP contribution in [0.25, 0.3) is 0 Å². The first-order valence-corrected chi connectivity index (χ1v) is 12.1. The van der Waals surface area contributed by atoms with E-state index in [0.29, 0.717) is 6.42 Å². The maximum absolute atomic E-state index is 13.1. The average Bonchev–Trinajstić information content (AvgIpc) is 3.32. The number of fused-ring (bicyclic) bond motifs is 1. The molecule has 2 N–H and O–H groups in total. The van der Waals surface area contributed by atoms with E-state index in [1.165, 1.54) is 0 Å². The highest BCUT2D eigenvalue weighted by atomic mass is 127. The van der Waals surface area contributed by atoms with Crippen LogP contribution in [0.15, 0.2) is 9.66 Å². The monoisotopic (exact) mass is 536 g/mol. The van der Waals surface area contributed by atoms with Gasteiger partial charge in [0.15, 0.2) is 0 Å². The second kappa shape index (κ2) is 9.96. The van der Waals surface area contributed by atoms with Crippen molar-refractivity contribution in [3.63, 3.8) is 0 Å². The van der Waals surface area contributed by atoms with Gasteiger partial charge >= 0.3 is 5.97 Å². The number of carbonyl (C=O) groups is 2. The lowest BCUT2D eigenvalue weighted by molar-refractivity contribution is -0.154. The number of carbonyl (C=O) groups excluding carboxylic acids is 2. The van der Waals surface area contributed by atoms with E-state index in [9.17, 15) is 19.8 Å². The number of esters is 1. The van der Waals surface area contributed by atoms with Gasteiger partial charge in [-0.1, -0.05) is 56.7 Å². The normalized spacial score (nSPS) is 41.7. The van der Waals surface area contributed by atoms with Crippen LogP contribution in [0.4, 0.5) is 0 Å². The molecule has 0 aromatic rings. The lowest BCUT2D eigenvalue weighted by Gasteiger charge is -2.34. The highest BCUT2D eigenvalue weighted by Crippen LogP contribution is 2.45. The van der Waals surface area contributed by atoms with Crippen molar-refractivity contribution in [2.45, 2.75) is 104 Å². The Kier molecular flexibility index (Phi) is 8.55. The van der Waals surface area contributed by atoms with Crippen LogP contribution in [0.3, 0.4) is 0 Å². The van der Waals surface area contributed by atoms with Crippen molar-refractivity contribution < 1.29 is 29.3 Å². The number of rotatable bonds is 1. The van der Waals surface area contributed by atoms with Gasteiger partial charge in [-0.25, -0.2) is 0 Å². The molecular formula is C23H37IO6. The molecule has 0 aliphatic carbocycles. The third-order valence-electron chi connectivity index (χ3n) is 7.09. The predicted octanol–water partition coefficient (Wildman–Crippen LogP) is 3.95. The van der Waals surface area contributed by atoms with Gasteiger partial charge in [0, 0.05) is 12.3 Å². The van der Waals surface area contributed by atoms with E-state index in [4.69, 9.17) is 9.47 Å². The number of aliphatic hydroxyl groups excluding tert-OH is 2. The quantitative estimate of drug-likeness (QED) is 0.300. The summed E-state index contributed by atoms with van der Waals surface area (Å²) in [5.41, 5.74) is -0.489. The third-order valence-corrected chi connectivity index (χ3v) is 8.07. The second-order valence-corrected chi connectivity index (χ2v) is 10.6.